The summed E-state index contributed by atoms with van der Waals surface area (Å²) in [6.07, 6.45) is 89.3. The highest BCUT2D eigenvalue weighted by Gasteiger charge is 2.18. The summed E-state index contributed by atoms with van der Waals surface area (Å²) in [4.78, 5) is 12.5. The van der Waals surface area contributed by atoms with E-state index >= 15 is 0 Å². The summed E-state index contributed by atoms with van der Waals surface area (Å²) in [5.41, 5.74) is 0. The first-order chi connectivity index (χ1) is 36.2. The van der Waals surface area contributed by atoms with Crippen LogP contribution in [-0.4, -0.2) is 34.9 Å². The Morgan fingerprint density at radius 2 is 0.562 bits per heavy atom. The molecule has 0 aliphatic carbocycles. The van der Waals surface area contributed by atoms with Crippen molar-refractivity contribution in [3.8, 4) is 0 Å². The van der Waals surface area contributed by atoms with Crippen molar-refractivity contribution in [3.63, 3.8) is 0 Å². The van der Waals surface area contributed by atoms with E-state index in [0.717, 1.165) is 32.1 Å². The molecular formula is C69H133NO3. The summed E-state index contributed by atoms with van der Waals surface area (Å²) in [5.74, 6) is -0.0559. The van der Waals surface area contributed by atoms with Crippen LogP contribution >= 0.6 is 0 Å². The van der Waals surface area contributed by atoms with Crippen molar-refractivity contribution < 1.29 is 15.0 Å². The molecular weight excluding hydrogens is 891 g/mol. The van der Waals surface area contributed by atoms with E-state index in [0.29, 0.717) is 6.42 Å². The molecule has 0 heterocycles. The van der Waals surface area contributed by atoms with Crippen molar-refractivity contribution in [3.05, 3.63) is 36.5 Å². The maximum Gasteiger partial charge on any atom is 0.220 e. The molecule has 0 saturated carbocycles. The Morgan fingerprint density at radius 1 is 0.329 bits per heavy atom. The summed E-state index contributed by atoms with van der Waals surface area (Å²) in [7, 11) is 0. The molecule has 0 aromatic rings. The first-order valence-corrected chi connectivity index (χ1v) is 33.7. The lowest BCUT2D eigenvalue weighted by Gasteiger charge is -2.20. The minimum Gasteiger partial charge on any atom is -0.394 e. The molecule has 0 rings (SSSR count). The first kappa shape index (κ1) is 71.6. The fourth-order valence-electron chi connectivity index (χ4n) is 10.7. The van der Waals surface area contributed by atoms with E-state index in [1.54, 1.807) is 6.08 Å². The zero-order valence-electron chi connectivity index (χ0n) is 49.9. The van der Waals surface area contributed by atoms with Gasteiger partial charge >= 0.3 is 0 Å². The molecule has 0 aliphatic heterocycles. The van der Waals surface area contributed by atoms with Gasteiger partial charge in [0.05, 0.1) is 18.8 Å². The van der Waals surface area contributed by atoms with Gasteiger partial charge in [0.1, 0.15) is 0 Å². The SMILES string of the molecule is CCCCCCC/C=C\C/C=C\CCCCCCCCCCCCCCCCCCCCCCCC(=O)NC(CO)C(O)/C=C/CCCCCCCCCCCCCCCCCCCCCCCCCCCC. The molecule has 0 radical (unpaired) electrons. The van der Waals surface area contributed by atoms with E-state index in [2.05, 4.69) is 43.5 Å². The molecule has 3 N–H and O–H groups in total. The predicted octanol–water partition coefficient (Wildman–Crippen LogP) is 22.8. The Bertz CT molecular complexity index is 1110. The second-order valence-corrected chi connectivity index (χ2v) is 23.2. The van der Waals surface area contributed by atoms with E-state index in [4.69, 9.17) is 0 Å². The number of carbonyl (C=O) groups excluding carboxylic acids is 1. The Balaban J connectivity index is 3.42. The third kappa shape index (κ3) is 61.3. The van der Waals surface area contributed by atoms with E-state index in [1.807, 2.05) is 6.08 Å². The molecule has 4 heteroatoms. The topological polar surface area (TPSA) is 69.6 Å². The average Bonchev–Trinajstić information content (AvgIpc) is 3.40. The molecule has 0 saturated heterocycles. The molecule has 0 aromatic heterocycles. The molecule has 73 heavy (non-hydrogen) atoms. The van der Waals surface area contributed by atoms with Gasteiger partial charge in [-0.1, -0.05) is 359 Å². The highest BCUT2D eigenvalue weighted by atomic mass is 16.3. The van der Waals surface area contributed by atoms with E-state index in [9.17, 15) is 15.0 Å². The smallest absolute Gasteiger partial charge is 0.220 e. The Morgan fingerprint density at radius 3 is 0.822 bits per heavy atom. The second kappa shape index (κ2) is 64.9. The average molecular weight is 1020 g/mol. The summed E-state index contributed by atoms with van der Waals surface area (Å²) >= 11 is 0. The van der Waals surface area contributed by atoms with Crippen LogP contribution in [0.3, 0.4) is 0 Å². The van der Waals surface area contributed by atoms with Gasteiger partial charge in [-0.3, -0.25) is 4.79 Å². The fourth-order valence-corrected chi connectivity index (χ4v) is 10.7. The quantitative estimate of drug-likeness (QED) is 0.0420. The van der Waals surface area contributed by atoms with E-state index in [1.165, 1.54) is 327 Å². The monoisotopic (exact) mass is 1020 g/mol. The van der Waals surface area contributed by atoms with Gasteiger partial charge in [0, 0.05) is 6.42 Å². The minimum atomic E-state index is -0.839. The molecule has 2 unspecified atom stereocenters. The highest BCUT2D eigenvalue weighted by Crippen LogP contribution is 2.19. The van der Waals surface area contributed by atoms with Crippen molar-refractivity contribution >= 4 is 5.91 Å². The molecule has 0 aromatic carbocycles. The van der Waals surface area contributed by atoms with Crippen LogP contribution < -0.4 is 5.32 Å². The summed E-state index contributed by atoms with van der Waals surface area (Å²) in [5, 5.41) is 23.3. The van der Waals surface area contributed by atoms with Crippen LogP contribution in [0.25, 0.3) is 0 Å². The second-order valence-electron chi connectivity index (χ2n) is 23.2. The number of nitrogens with one attached hydrogen (secondary N) is 1. The molecule has 1 amide bonds. The van der Waals surface area contributed by atoms with Crippen LogP contribution in [0.1, 0.15) is 380 Å². The van der Waals surface area contributed by atoms with Gasteiger partial charge in [-0.2, -0.15) is 0 Å². The maximum absolute atomic E-state index is 12.5. The van der Waals surface area contributed by atoms with E-state index in [-0.39, 0.29) is 12.5 Å². The van der Waals surface area contributed by atoms with Gasteiger partial charge in [0.25, 0.3) is 0 Å². The van der Waals surface area contributed by atoms with Gasteiger partial charge in [-0.05, 0) is 51.4 Å². The van der Waals surface area contributed by atoms with Crippen LogP contribution in [0, 0.1) is 0 Å². The van der Waals surface area contributed by atoms with Crippen molar-refractivity contribution in [2.75, 3.05) is 6.61 Å². The van der Waals surface area contributed by atoms with Crippen molar-refractivity contribution in [1.29, 1.82) is 0 Å². The number of hydrogen-bond donors (Lipinski definition) is 3. The van der Waals surface area contributed by atoms with Crippen molar-refractivity contribution in [1.82, 2.24) is 5.32 Å². The number of hydrogen-bond acceptors (Lipinski definition) is 3. The lowest BCUT2D eigenvalue weighted by Crippen LogP contribution is -2.45. The number of rotatable bonds is 63. The molecule has 2 atom stereocenters. The summed E-state index contributed by atoms with van der Waals surface area (Å²) in [6, 6.07) is -0.622. The number of carbonyl (C=O) groups is 1. The van der Waals surface area contributed by atoms with E-state index < -0.39 is 12.1 Å². The number of amides is 1. The number of aliphatic hydroxyl groups is 2. The number of aliphatic hydroxyl groups excluding tert-OH is 2. The highest BCUT2D eigenvalue weighted by molar-refractivity contribution is 5.76. The molecule has 0 fully saturated rings. The van der Waals surface area contributed by atoms with Gasteiger partial charge in [-0.25, -0.2) is 0 Å². The maximum atomic E-state index is 12.5. The Kier molecular flexibility index (Phi) is 63.7. The molecule has 4 nitrogen and oxygen atoms in total. The van der Waals surface area contributed by atoms with Gasteiger partial charge in [0.2, 0.25) is 5.91 Å². The lowest BCUT2D eigenvalue weighted by molar-refractivity contribution is -0.123. The lowest BCUT2D eigenvalue weighted by atomic mass is 10.0. The largest absolute Gasteiger partial charge is 0.394 e. The number of allylic oxidation sites excluding steroid dienone is 5. The third-order valence-corrected chi connectivity index (χ3v) is 15.9. The Hall–Kier alpha value is -1.39. The van der Waals surface area contributed by atoms with Crippen LogP contribution in [0.5, 0.6) is 0 Å². The predicted molar refractivity (Wildman–Crippen MR) is 327 cm³/mol. The van der Waals surface area contributed by atoms with Crippen molar-refractivity contribution in [2.24, 2.45) is 0 Å². The van der Waals surface area contributed by atoms with Crippen LogP contribution in [0.15, 0.2) is 36.5 Å². The Labute approximate surface area is 459 Å². The van der Waals surface area contributed by atoms with Crippen LogP contribution in [0.4, 0.5) is 0 Å². The summed E-state index contributed by atoms with van der Waals surface area (Å²) in [6.45, 7) is 4.34. The normalized spacial score (nSPS) is 12.9. The first-order valence-electron chi connectivity index (χ1n) is 33.7. The van der Waals surface area contributed by atoms with Gasteiger partial charge in [-0.15, -0.1) is 0 Å². The molecule has 0 bridgehead atoms. The molecule has 0 aliphatic rings. The number of unbranched alkanes of at least 4 members (excludes halogenated alkanes) is 52. The third-order valence-electron chi connectivity index (χ3n) is 15.9. The molecule has 0 spiro atoms. The van der Waals surface area contributed by atoms with Crippen LogP contribution in [-0.2, 0) is 4.79 Å². The van der Waals surface area contributed by atoms with Gasteiger partial charge < -0.3 is 15.5 Å². The minimum absolute atomic E-state index is 0.0559. The zero-order chi connectivity index (χ0) is 52.7. The van der Waals surface area contributed by atoms with Gasteiger partial charge in [0.15, 0.2) is 0 Å². The zero-order valence-corrected chi connectivity index (χ0v) is 49.9. The van der Waals surface area contributed by atoms with Crippen molar-refractivity contribution in [2.45, 2.75) is 392 Å². The van der Waals surface area contributed by atoms with Crippen LogP contribution in [0.2, 0.25) is 0 Å². The summed E-state index contributed by atoms with van der Waals surface area (Å²) < 4.78 is 0. The fraction of sp³-hybridized carbons (Fsp3) is 0.899. The standard InChI is InChI=1S/C69H133NO3/c1-3-5-7-9-11-13-15-17-19-21-23-25-27-29-31-33-34-35-36-37-39-41-43-45-47-49-51-53-55-57-59-61-63-65-69(73)70-67(66-71)68(72)64-62-60-58-56-54-52-50-48-46-44-42-40-38-32-30-28-26-24-22-20-18-16-14-12-10-8-6-4-2/h15,17,21,23,62,64,67-68,71-72H,3-14,16,18-20,22,24-61,63,65-66H2,1-2H3,(H,70,73)/b17-15-,23-21-,64-62+. The molecule has 432 valence electrons.